The summed E-state index contributed by atoms with van der Waals surface area (Å²) in [6, 6.07) is -1.99. The topological polar surface area (TPSA) is 26.3 Å². The predicted molar refractivity (Wildman–Crippen MR) is 41.9 cm³/mol. The first-order valence-electron chi connectivity index (χ1n) is 5.55. The summed E-state index contributed by atoms with van der Waals surface area (Å²) in [6.45, 7) is 0.875. The van der Waals surface area contributed by atoms with Gasteiger partial charge in [0.15, 0.2) is 0 Å². The van der Waals surface area contributed by atoms with Gasteiger partial charge in [-0.25, -0.2) is 0 Å². The van der Waals surface area contributed by atoms with Gasteiger partial charge in [0.05, 0.1) is 6.85 Å². The van der Waals surface area contributed by atoms with E-state index in [1.807, 2.05) is 0 Å². The van der Waals surface area contributed by atoms with Crippen LogP contribution in [0.2, 0.25) is 0 Å². The van der Waals surface area contributed by atoms with Gasteiger partial charge < -0.3 is 4.74 Å². The van der Waals surface area contributed by atoms with Gasteiger partial charge in [0.1, 0.15) is 6.61 Å². The third kappa shape index (κ3) is 2.85. The van der Waals surface area contributed by atoms with Crippen molar-refractivity contribution in [1.29, 1.82) is 0 Å². The number of esters is 1. The number of carbonyl (C=O) groups excluding carboxylic acids is 1. The lowest BCUT2D eigenvalue weighted by atomic mass is 10.2. The summed E-state index contributed by atoms with van der Waals surface area (Å²) in [5.41, 5.74) is -0.0128. The number of ether oxygens (including phenoxy) is 1. The Bertz CT molecular complexity index is 415. The molecule has 2 heteroatoms. The number of hydrogen-bond donors (Lipinski definition) is 0. The molecule has 0 saturated carbocycles. The summed E-state index contributed by atoms with van der Waals surface area (Å²) in [4.78, 5) is 10.6. The van der Waals surface area contributed by atoms with Crippen molar-refractivity contribution in [2.24, 2.45) is 0 Å². The summed E-state index contributed by atoms with van der Waals surface area (Å²) in [6.07, 6.45) is 0. The maximum atomic E-state index is 10.6. The van der Waals surface area contributed by atoms with E-state index in [0.717, 1.165) is 0 Å². The Kier molecular flexibility index (Phi) is 1.16. The molecule has 11 heavy (non-hydrogen) atoms. The molecule has 0 saturated heterocycles. The monoisotopic (exact) mass is 155 g/mol. The molecule has 0 aliphatic heterocycles. The Hall–Kier alpha value is -1.31. The highest BCUT2D eigenvalue weighted by Crippen LogP contribution is 1.99. The van der Waals surface area contributed by atoms with Gasteiger partial charge in [-0.15, -0.1) is 0 Å². The third-order valence-corrected chi connectivity index (χ3v) is 0.972. The van der Waals surface area contributed by atoms with Gasteiger partial charge in [0.2, 0.25) is 0 Å². The van der Waals surface area contributed by atoms with Crippen LogP contribution in [0.3, 0.4) is 0 Å². The third-order valence-electron chi connectivity index (χ3n) is 0.972. The van der Waals surface area contributed by atoms with Crippen molar-refractivity contribution in [3.63, 3.8) is 0 Å². The van der Waals surface area contributed by atoms with Gasteiger partial charge in [-0.2, -0.15) is 0 Å². The maximum Gasteiger partial charge on any atom is 0.302 e. The lowest BCUT2D eigenvalue weighted by molar-refractivity contribution is -0.142. The Morgan fingerprint density at radius 3 is 2.73 bits per heavy atom. The van der Waals surface area contributed by atoms with Crippen LogP contribution in [-0.2, 0) is 16.1 Å². The summed E-state index contributed by atoms with van der Waals surface area (Å²) >= 11 is 0. The van der Waals surface area contributed by atoms with Crippen LogP contribution in [0.25, 0.3) is 0 Å². The molecular formula is C9H10O2. The van der Waals surface area contributed by atoms with Crippen molar-refractivity contribution in [3.8, 4) is 0 Å². The van der Waals surface area contributed by atoms with Crippen LogP contribution >= 0.6 is 0 Å². The van der Waals surface area contributed by atoms with E-state index in [2.05, 4.69) is 4.74 Å². The van der Waals surface area contributed by atoms with Crippen LogP contribution in [0.4, 0.5) is 0 Å². The zero-order chi connectivity index (χ0) is 12.5. The van der Waals surface area contributed by atoms with E-state index in [1.165, 1.54) is 6.92 Å². The lowest BCUT2D eigenvalue weighted by Crippen LogP contribution is -1.97. The SMILES string of the molecule is [2H]c1c([2H])c([2H])c(COC(C)=O)c([2H])c1[2H]. The minimum atomic E-state index is -0.563. The molecule has 1 aromatic rings. The van der Waals surface area contributed by atoms with E-state index < -0.39 is 24.1 Å². The molecule has 0 spiro atoms. The molecule has 58 valence electrons. The first-order chi connectivity index (χ1) is 7.36. The second-order valence-corrected chi connectivity index (χ2v) is 1.88. The molecular weight excluding hydrogens is 140 g/mol. The fraction of sp³-hybridized carbons (Fsp3) is 0.222. The molecule has 0 unspecified atom stereocenters. The molecule has 0 aromatic heterocycles. The molecule has 2 nitrogen and oxygen atoms in total. The molecule has 0 heterocycles. The minimum absolute atomic E-state index is 0.0128. The quantitative estimate of drug-likeness (QED) is 0.608. The highest BCUT2D eigenvalue weighted by molar-refractivity contribution is 5.65. The smallest absolute Gasteiger partial charge is 0.302 e. The molecule has 1 rings (SSSR count). The van der Waals surface area contributed by atoms with Crippen LogP contribution in [0, 0.1) is 0 Å². The minimum Gasteiger partial charge on any atom is -0.461 e. The summed E-state index contributed by atoms with van der Waals surface area (Å²) < 4.78 is 41.8. The highest BCUT2D eigenvalue weighted by atomic mass is 16.5. The predicted octanol–water partition coefficient (Wildman–Crippen LogP) is 1.75. The molecule has 0 bridgehead atoms. The fourth-order valence-electron chi connectivity index (χ4n) is 0.522. The van der Waals surface area contributed by atoms with Crippen LogP contribution in [0.1, 0.15) is 19.3 Å². The maximum absolute atomic E-state index is 10.6. The Morgan fingerprint density at radius 2 is 2.18 bits per heavy atom. The lowest BCUT2D eigenvalue weighted by Gasteiger charge is -1.99. The van der Waals surface area contributed by atoms with E-state index in [9.17, 15) is 4.79 Å². The van der Waals surface area contributed by atoms with Gasteiger partial charge in [-0.1, -0.05) is 30.2 Å². The summed E-state index contributed by atoms with van der Waals surface area (Å²) in [5, 5.41) is 0. The Labute approximate surface area is 72.8 Å². The van der Waals surface area contributed by atoms with Crippen LogP contribution in [-0.4, -0.2) is 5.97 Å². The first-order valence-corrected chi connectivity index (χ1v) is 3.05. The number of carbonyl (C=O) groups is 1. The van der Waals surface area contributed by atoms with Crippen molar-refractivity contribution in [2.75, 3.05) is 0 Å². The number of benzene rings is 1. The van der Waals surface area contributed by atoms with Crippen molar-refractivity contribution in [1.82, 2.24) is 0 Å². The van der Waals surface area contributed by atoms with Gasteiger partial charge in [0.25, 0.3) is 0 Å². The molecule has 0 atom stereocenters. The number of rotatable bonds is 2. The van der Waals surface area contributed by atoms with E-state index in [4.69, 9.17) is 6.85 Å². The van der Waals surface area contributed by atoms with Gasteiger partial charge in [-0.3, -0.25) is 4.79 Å². The van der Waals surface area contributed by atoms with Crippen molar-refractivity contribution in [2.45, 2.75) is 13.5 Å². The van der Waals surface area contributed by atoms with Crippen molar-refractivity contribution < 1.29 is 16.4 Å². The number of hydrogen-bond acceptors (Lipinski definition) is 2. The Balaban J connectivity index is 3.23. The zero-order valence-electron chi connectivity index (χ0n) is 11.0. The van der Waals surface area contributed by atoms with E-state index in [0.29, 0.717) is 0 Å². The average molecular weight is 155 g/mol. The van der Waals surface area contributed by atoms with Crippen molar-refractivity contribution >= 4 is 5.97 Å². The molecule has 0 aliphatic carbocycles. The molecule has 1 aromatic carbocycles. The summed E-state index contributed by atoms with van der Waals surface area (Å²) in [5.74, 6) is -0.563. The molecule has 0 radical (unpaired) electrons. The van der Waals surface area contributed by atoms with E-state index in [1.54, 1.807) is 0 Å². The summed E-state index contributed by atoms with van der Waals surface area (Å²) in [7, 11) is 0. The van der Waals surface area contributed by atoms with Gasteiger partial charge in [0, 0.05) is 6.92 Å². The molecule has 0 aliphatic rings. The second-order valence-electron chi connectivity index (χ2n) is 1.88. The van der Waals surface area contributed by atoms with Crippen LogP contribution in [0.5, 0.6) is 0 Å². The van der Waals surface area contributed by atoms with Crippen LogP contribution < -0.4 is 0 Å². The van der Waals surface area contributed by atoms with Gasteiger partial charge >= 0.3 is 5.97 Å². The average Bonchev–Trinajstić information content (AvgIpc) is 2.23. The van der Waals surface area contributed by atoms with Crippen molar-refractivity contribution in [3.05, 3.63) is 35.8 Å². The second kappa shape index (κ2) is 3.76. The molecule has 0 amide bonds. The largest absolute Gasteiger partial charge is 0.461 e. The standard InChI is InChI=1S/C9H10O2/c1-8(10)11-7-9-5-3-2-4-6-9/h2-6H,7H2,1H3/i2D,3D,4D,5D,6D. The van der Waals surface area contributed by atoms with Gasteiger partial charge in [-0.05, 0) is 5.56 Å². The molecule has 0 N–H and O–H groups in total. The van der Waals surface area contributed by atoms with E-state index in [-0.39, 0.29) is 24.3 Å². The molecule has 0 fully saturated rings. The zero-order valence-corrected chi connectivity index (χ0v) is 6.02. The first kappa shape index (κ1) is 3.39. The van der Waals surface area contributed by atoms with Crippen LogP contribution in [0.15, 0.2) is 30.2 Å². The fourth-order valence-corrected chi connectivity index (χ4v) is 0.522. The van der Waals surface area contributed by atoms with E-state index >= 15 is 0 Å². The Morgan fingerprint density at radius 1 is 1.55 bits per heavy atom. The normalized spacial score (nSPS) is 15.5. The highest BCUT2D eigenvalue weighted by Gasteiger charge is 1.93.